The van der Waals surface area contributed by atoms with Crippen molar-refractivity contribution in [2.45, 2.75) is 32.5 Å². The van der Waals surface area contributed by atoms with Crippen LogP contribution >= 0.6 is 0 Å². The van der Waals surface area contributed by atoms with Gasteiger partial charge in [-0.05, 0) is 19.9 Å². The smallest absolute Gasteiger partial charge is 0.261 e. The van der Waals surface area contributed by atoms with Gasteiger partial charge in [0.1, 0.15) is 5.69 Å². The second kappa shape index (κ2) is 3.79. The fraction of sp³-hybridized carbons (Fsp3) is 0.625. The molecule has 2 nitrogen and oxygen atoms in total. The van der Waals surface area contributed by atoms with Crippen LogP contribution in [0.3, 0.4) is 0 Å². The van der Waals surface area contributed by atoms with E-state index in [1.165, 1.54) is 13.8 Å². The Morgan fingerprint density at radius 1 is 1.27 bits per heavy atom. The zero-order chi connectivity index (χ0) is 11.8. The standard InChI is InChI=1S/C8H9F5N2/c1-4(2)15-5(7(9)10)3-6(14-15)8(11,12)13/h3-4,7H,1-2H3. The highest BCUT2D eigenvalue weighted by molar-refractivity contribution is 5.14. The van der Waals surface area contributed by atoms with Gasteiger partial charge in [0.05, 0.1) is 0 Å². The van der Waals surface area contributed by atoms with Crippen LogP contribution < -0.4 is 0 Å². The molecule has 0 fully saturated rings. The van der Waals surface area contributed by atoms with Gasteiger partial charge in [-0.25, -0.2) is 8.78 Å². The van der Waals surface area contributed by atoms with E-state index >= 15 is 0 Å². The Morgan fingerprint density at radius 2 is 1.80 bits per heavy atom. The predicted molar refractivity (Wildman–Crippen MR) is 42.6 cm³/mol. The van der Waals surface area contributed by atoms with E-state index in [2.05, 4.69) is 5.10 Å². The molecule has 86 valence electrons. The molecule has 1 heterocycles. The van der Waals surface area contributed by atoms with Crippen molar-refractivity contribution in [2.75, 3.05) is 0 Å². The van der Waals surface area contributed by atoms with Crippen LogP contribution in [-0.4, -0.2) is 9.78 Å². The minimum atomic E-state index is -4.69. The fourth-order valence-electron chi connectivity index (χ4n) is 1.12. The molecule has 1 rings (SSSR count). The molecule has 0 saturated heterocycles. The normalized spacial score (nSPS) is 12.9. The average Bonchev–Trinajstić information content (AvgIpc) is 2.45. The highest BCUT2D eigenvalue weighted by Crippen LogP contribution is 2.32. The third-order valence-electron chi connectivity index (χ3n) is 1.77. The first-order valence-corrected chi connectivity index (χ1v) is 4.18. The second-order valence-electron chi connectivity index (χ2n) is 3.29. The Morgan fingerprint density at radius 3 is 2.07 bits per heavy atom. The molecule has 0 aliphatic rings. The largest absolute Gasteiger partial charge is 0.435 e. The first-order chi connectivity index (χ1) is 6.73. The van der Waals surface area contributed by atoms with Gasteiger partial charge in [0, 0.05) is 6.04 Å². The zero-order valence-corrected chi connectivity index (χ0v) is 8.02. The number of halogens is 5. The Kier molecular flexibility index (Phi) is 3.01. The van der Waals surface area contributed by atoms with E-state index in [1.807, 2.05) is 0 Å². The molecular weight excluding hydrogens is 219 g/mol. The number of alkyl halides is 5. The van der Waals surface area contributed by atoms with E-state index in [0.717, 1.165) is 0 Å². The summed E-state index contributed by atoms with van der Waals surface area (Å²) in [5, 5.41) is 3.11. The molecule has 1 aromatic rings. The maximum absolute atomic E-state index is 12.4. The first kappa shape index (κ1) is 11.9. The van der Waals surface area contributed by atoms with Crippen LogP contribution in [0.25, 0.3) is 0 Å². The van der Waals surface area contributed by atoms with Crippen molar-refractivity contribution in [2.24, 2.45) is 0 Å². The molecule has 0 amide bonds. The third kappa shape index (κ3) is 2.45. The summed E-state index contributed by atoms with van der Waals surface area (Å²) in [6.45, 7) is 2.97. The van der Waals surface area contributed by atoms with Gasteiger partial charge in [0.2, 0.25) is 0 Å². The minimum Gasteiger partial charge on any atom is -0.261 e. The highest BCUT2D eigenvalue weighted by Gasteiger charge is 2.36. The molecule has 0 atom stereocenters. The minimum absolute atomic E-state index is 0.380. The van der Waals surface area contributed by atoms with E-state index in [0.29, 0.717) is 10.7 Å². The molecule has 15 heavy (non-hydrogen) atoms. The van der Waals surface area contributed by atoms with E-state index in [4.69, 9.17) is 0 Å². The van der Waals surface area contributed by atoms with Crippen molar-refractivity contribution >= 4 is 0 Å². The SMILES string of the molecule is CC(C)n1nc(C(F)(F)F)cc1C(F)F. The van der Waals surface area contributed by atoms with Gasteiger partial charge in [0.25, 0.3) is 6.43 Å². The molecule has 0 spiro atoms. The summed E-state index contributed by atoms with van der Waals surface area (Å²) >= 11 is 0. The van der Waals surface area contributed by atoms with Gasteiger partial charge in [0.15, 0.2) is 5.69 Å². The highest BCUT2D eigenvalue weighted by atomic mass is 19.4. The monoisotopic (exact) mass is 228 g/mol. The fourth-order valence-corrected chi connectivity index (χ4v) is 1.12. The molecular formula is C8H9F5N2. The lowest BCUT2D eigenvalue weighted by Gasteiger charge is -2.09. The molecule has 0 saturated carbocycles. The molecule has 0 unspecified atom stereocenters. The molecule has 0 radical (unpaired) electrons. The van der Waals surface area contributed by atoms with Crippen molar-refractivity contribution in [1.29, 1.82) is 0 Å². The van der Waals surface area contributed by atoms with Gasteiger partial charge < -0.3 is 0 Å². The summed E-state index contributed by atoms with van der Waals surface area (Å²) in [5.74, 6) is 0. The Bertz CT molecular complexity index is 314. The predicted octanol–water partition coefficient (Wildman–Crippen LogP) is 3.42. The van der Waals surface area contributed by atoms with E-state index < -0.39 is 30.0 Å². The van der Waals surface area contributed by atoms with Gasteiger partial charge in [-0.2, -0.15) is 18.3 Å². The van der Waals surface area contributed by atoms with E-state index in [-0.39, 0.29) is 0 Å². The van der Waals surface area contributed by atoms with Crippen LogP contribution in [0, 0.1) is 0 Å². The summed E-state index contributed by atoms with van der Waals surface area (Å²) in [4.78, 5) is 0. The molecule has 0 N–H and O–H groups in total. The van der Waals surface area contributed by atoms with Gasteiger partial charge in [-0.3, -0.25) is 4.68 Å². The number of hydrogen-bond acceptors (Lipinski definition) is 1. The number of aromatic nitrogens is 2. The lowest BCUT2D eigenvalue weighted by atomic mass is 10.3. The van der Waals surface area contributed by atoms with Crippen molar-refractivity contribution in [1.82, 2.24) is 9.78 Å². The van der Waals surface area contributed by atoms with Crippen LogP contribution in [0.15, 0.2) is 6.07 Å². The Labute approximate surface area is 82.7 Å². The van der Waals surface area contributed by atoms with Crippen LogP contribution in [0.4, 0.5) is 22.0 Å². The molecule has 0 aromatic carbocycles. The summed E-state index contributed by atoms with van der Waals surface area (Å²) < 4.78 is 62.0. The topological polar surface area (TPSA) is 17.8 Å². The molecule has 7 heteroatoms. The van der Waals surface area contributed by atoms with Gasteiger partial charge in [-0.1, -0.05) is 0 Å². The van der Waals surface area contributed by atoms with Crippen molar-refractivity contribution in [3.8, 4) is 0 Å². The van der Waals surface area contributed by atoms with Gasteiger partial charge >= 0.3 is 6.18 Å². The molecule has 0 aliphatic heterocycles. The third-order valence-corrected chi connectivity index (χ3v) is 1.77. The number of rotatable bonds is 2. The van der Waals surface area contributed by atoms with Crippen molar-refractivity contribution in [3.63, 3.8) is 0 Å². The second-order valence-corrected chi connectivity index (χ2v) is 3.29. The maximum Gasteiger partial charge on any atom is 0.435 e. The Hall–Kier alpha value is -1.14. The summed E-state index contributed by atoms with van der Waals surface area (Å²) in [7, 11) is 0. The number of hydrogen-bond donors (Lipinski definition) is 0. The van der Waals surface area contributed by atoms with Crippen LogP contribution in [-0.2, 0) is 6.18 Å². The first-order valence-electron chi connectivity index (χ1n) is 4.18. The summed E-state index contributed by atoms with van der Waals surface area (Å²) in [5.41, 5.74) is -2.00. The van der Waals surface area contributed by atoms with E-state index in [9.17, 15) is 22.0 Å². The van der Waals surface area contributed by atoms with Gasteiger partial charge in [-0.15, -0.1) is 0 Å². The van der Waals surface area contributed by atoms with E-state index in [1.54, 1.807) is 0 Å². The van der Waals surface area contributed by atoms with Crippen LogP contribution in [0.2, 0.25) is 0 Å². The lowest BCUT2D eigenvalue weighted by Crippen LogP contribution is -2.10. The zero-order valence-electron chi connectivity index (χ0n) is 8.02. The molecule has 1 aromatic heterocycles. The lowest BCUT2D eigenvalue weighted by molar-refractivity contribution is -0.141. The molecule has 0 aliphatic carbocycles. The Balaban J connectivity index is 3.21. The summed E-state index contributed by atoms with van der Waals surface area (Å²) in [6, 6.07) is -0.157. The quantitative estimate of drug-likeness (QED) is 0.709. The van der Waals surface area contributed by atoms with Crippen molar-refractivity contribution in [3.05, 3.63) is 17.5 Å². The van der Waals surface area contributed by atoms with Crippen LogP contribution in [0.1, 0.15) is 37.7 Å². The average molecular weight is 228 g/mol. The number of nitrogens with zero attached hydrogens (tertiary/aromatic N) is 2. The van der Waals surface area contributed by atoms with Crippen molar-refractivity contribution < 1.29 is 22.0 Å². The van der Waals surface area contributed by atoms with Crippen LogP contribution in [0.5, 0.6) is 0 Å². The molecule has 0 bridgehead atoms. The summed E-state index contributed by atoms with van der Waals surface area (Å²) in [6.07, 6.45) is -7.65. The maximum atomic E-state index is 12.4.